The van der Waals surface area contributed by atoms with E-state index < -0.39 is 6.10 Å². The van der Waals surface area contributed by atoms with Crippen LogP contribution in [0.4, 0.5) is 0 Å². The molecule has 0 amide bonds. The third-order valence-corrected chi connectivity index (χ3v) is 13.9. The average Bonchev–Trinajstić information content (AvgIpc) is 3.40. The van der Waals surface area contributed by atoms with Crippen LogP contribution in [0.3, 0.4) is 0 Å². The Hall–Kier alpha value is -3.15. The minimum absolute atomic E-state index is 0.0824. The van der Waals surface area contributed by atoms with Gasteiger partial charge in [-0.1, -0.05) is 267 Å². The molecule has 0 rings (SSSR count). The molecule has 0 saturated carbocycles. The van der Waals surface area contributed by atoms with E-state index in [0.29, 0.717) is 19.3 Å². The summed E-state index contributed by atoms with van der Waals surface area (Å²) < 4.78 is 16.9. The van der Waals surface area contributed by atoms with Gasteiger partial charge in [0.05, 0.1) is 0 Å². The maximum Gasteiger partial charge on any atom is 0.306 e. The fraction of sp³-hybridized carbons (Fsp3) is 0.779. The largest absolute Gasteiger partial charge is 0.462 e. The maximum absolute atomic E-state index is 12.9. The Morgan fingerprint density at radius 2 is 0.527 bits per heavy atom. The molecule has 0 fully saturated rings. The predicted molar refractivity (Wildman–Crippen MR) is 321 cm³/mol. The van der Waals surface area contributed by atoms with E-state index >= 15 is 0 Å². The van der Waals surface area contributed by atoms with E-state index in [1.165, 1.54) is 180 Å². The molecule has 0 radical (unpaired) electrons. The van der Waals surface area contributed by atoms with Gasteiger partial charge in [0.25, 0.3) is 0 Å². The summed E-state index contributed by atoms with van der Waals surface area (Å²) in [4.78, 5) is 38.3. The Kier molecular flexibility index (Phi) is 59.7. The molecule has 0 aromatic rings. The maximum atomic E-state index is 12.9. The highest BCUT2D eigenvalue weighted by Gasteiger charge is 2.19. The zero-order chi connectivity index (χ0) is 53.6. The van der Waals surface area contributed by atoms with Crippen LogP contribution in [-0.4, -0.2) is 37.2 Å². The lowest BCUT2D eigenvalue weighted by Gasteiger charge is -2.18. The Morgan fingerprint density at radius 3 is 0.865 bits per heavy atom. The monoisotopic (exact) mass is 1030 g/mol. The number of hydrogen-bond donors (Lipinski definition) is 0. The molecule has 0 saturated heterocycles. The van der Waals surface area contributed by atoms with Crippen LogP contribution in [0, 0.1) is 0 Å². The number of hydrogen-bond acceptors (Lipinski definition) is 6. The van der Waals surface area contributed by atoms with Crippen molar-refractivity contribution in [3.8, 4) is 0 Å². The molecule has 1 unspecified atom stereocenters. The lowest BCUT2D eigenvalue weighted by Crippen LogP contribution is -2.30. The van der Waals surface area contributed by atoms with Gasteiger partial charge < -0.3 is 14.2 Å². The molecule has 0 aliphatic carbocycles. The first kappa shape index (κ1) is 70.8. The number of carbonyl (C=O) groups excluding carboxylic acids is 3. The van der Waals surface area contributed by atoms with Gasteiger partial charge in [-0.05, 0) is 109 Å². The summed E-state index contributed by atoms with van der Waals surface area (Å²) in [7, 11) is 0. The van der Waals surface area contributed by atoms with Gasteiger partial charge >= 0.3 is 17.9 Å². The third-order valence-electron chi connectivity index (χ3n) is 13.9. The highest BCUT2D eigenvalue weighted by molar-refractivity contribution is 5.71. The van der Waals surface area contributed by atoms with E-state index in [2.05, 4.69) is 93.7 Å². The second kappa shape index (κ2) is 62.4. The van der Waals surface area contributed by atoms with Gasteiger partial charge in [-0.3, -0.25) is 14.4 Å². The molecule has 0 N–H and O–H groups in total. The molecule has 0 heterocycles. The molecule has 6 nitrogen and oxygen atoms in total. The Balaban J connectivity index is 4.28. The zero-order valence-corrected chi connectivity index (χ0v) is 49.1. The van der Waals surface area contributed by atoms with Crippen molar-refractivity contribution in [2.24, 2.45) is 0 Å². The van der Waals surface area contributed by atoms with Crippen LogP contribution in [0.5, 0.6) is 0 Å². The molecule has 0 bridgehead atoms. The van der Waals surface area contributed by atoms with Crippen LogP contribution in [0.2, 0.25) is 0 Å². The van der Waals surface area contributed by atoms with Gasteiger partial charge in [0.15, 0.2) is 6.10 Å². The van der Waals surface area contributed by atoms with E-state index in [1.54, 1.807) is 0 Å². The van der Waals surface area contributed by atoms with E-state index in [-0.39, 0.29) is 31.1 Å². The number of esters is 3. The second-order valence-corrected chi connectivity index (χ2v) is 21.3. The highest BCUT2D eigenvalue weighted by Crippen LogP contribution is 2.16. The minimum Gasteiger partial charge on any atom is -0.462 e. The number of allylic oxidation sites excluding steroid dienone is 12. The van der Waals surface area contributed by atoms with Crippen LogP contribution >= 0.6 is 0 Å². The van der Waals surface area contributed by atoms with E-state index in [4.69, 9.17) is 14.2 Å². The van der Waals surface area contributed by atoms with Crippen molar-refractivity contribution in [1.29, 1.82) is 0 Å². The van der Waals surface area contributed by atoms with Gasteiger partial charge in [-0.2, -0.15) is 0 Å². The fourth-order valence-corrected chi connectivity index (χ4v) is 9.13. The molecule has 0 aromatic carbocycles. The average molecular weight is 1030 g/mol. The van der Waals surface area contributed by atoms with Crippen LogP contribution in [0.1, 0.15) is 323 Å². The first-order chi connectivity index (χ1) is 36.5. The molecule has 0 spiro atoms. The van der Waals surface area contributed by atoms with E-state index in [0.717, 1.165) is 103 Å². The van der Waals surface area contributed by atoms with Crippen LogP contribution in [0.15, 0.2) is 72.9 Å². The smallest absolute Gasteiger partial charge is 0.306 e. The Bertz CT molecular complexity index is 1370. The quantitative estimate of drug-likeness (QED) is 0.0261. The molecule has 0 aliphatic rings. The summed E-state index contributed by atoms with van der Waals surface area (Å²) in [5, 5.41) is 0. The van der Waals surface area contributed by atoms with Gasteiger partial charge in [0.1, 0.15) is 13.2 Å². The minimum atomic E-state index is -0.787. The van der Waals surface area contributed by atoms with E-state index in [1.807, 2.05) is 0 Å². The highest BCUT2D eigenvalue weighted by atomic mass is 16.6. The normalized spacial score (nSPS) is 12.5. The summed E-state index contributed by atoms with van der Waals surface area (Å²) >= 11 is 0. The summed E-state index contributed by atoms with van der Waals surface area (Å²) in [6.07, 6.45) is 80.6. The summed E-state index contributed by atoms with van der Waals surface area (Å²) in [6, 6.07) is 0. The SMILES string of the molecule is CC/C=C\C/C=C\C/C=C\C/C=C\CCCCCCCCC(=O)OC(COC(=O)CCCCCCC/C=C\CCCCC)COC(=O)CCCCCCCCCCCCCCC/C=C\CCCCCCCCCC. The van der Waals surface area contributed by atoms with Crippen molar-refractivity contribution < 1.29 is 28.6 Å². The van der Waals surface area contributed by atoms with Crippen LogP contribution in [-0.2, 0) is 28.6 Å². The Morgan fingerprint density at radius 1 is 0.284 bits per heavy atom. The summed E-state index contributed by atoms with van der Waals surface area (Å²) in [6.45, 7) is 6.52. The van der Waals surface area contributed by atoms with Crippen molar-refractivity contribution in [2.75, 3.05) is 13.2 Å². The van der Waals surface area contributed by atoms with Gasteiger partial charge in [0, 0.05) is 19.3 Å². The molecule has 0 aromatic heterocycles. The zero-order valence-electron chi connectivity index (χ0n) is 49.1. The number of rotatable bonds is 58. The first-order valence-corrected chi connectivity index (χ1v) is 31.9. The van der Waals surface area contributed by atoms with Crippen molar-refractivity contribution in [3.05, 3.63) is 72.9 Å². The van der Waals surface area contributed by atoms with Gasteiger partial charge in [-0.15, -0.1) is 0 Å². The summed E-state index contributed by atoms with van der Waals surface area (Å²) in [5.41, 5.74) is 0. The molecule has 74 heavy (non-hydrogen) atoms. The molecule has 428 valence electrons. The standard InChI is InChI=1S/C68H120O6/c1-4-7-10-13-16-19-22-25-27-29-31-32-33-34-35-36-38-39-41-43-46-49-52-55-58-61-67(70)73-64-65(63-72-66(69)60-57-54-51-48-45-24-21-18-15-12-9-6-3)74-68(71)62-59-56-53-50-47-44-42-40-37-30-28-26-23-20-17-14-11-8-5-2/h8,11,17-18,20-21,26,28-29,31,37,40,65H,4-7,9-10,12-16,19,22-25,27,30,32-36,38-39,41-64H2,1-3H3/b11-8-,20-17-,21-18-,28-26-,31-29-,40-37-. The molecule has 6 heteroatoms. The first-order valence-electron chi connectivity index (χ1n) is 31.9. The Labute approximate surface area is 459 Å². The van der Waals surface area contributed by atoms with Gasteiger partial charge in [-0.25, -0.2) is 0 Å². The molecule has 1 atom stereocenters. The van der Waals surface area contributed by atoms with Crippen molar-refractivity contribution in [2.45, 2.75) is 329 Å². The third kappa shape index (κ3) is 59.7. The molecular formula is C68H120O6. The predicted octanol–water partition coefficient (Wildman–Crippen LogP) is 21.7. The van der Waals surface area contributed by atoms with Crippen LogP contribution < -0.4 is 0 Å². The number of ether oxygens (including phenoxy) is 3. The van der Waals surface area contributed by atoms with Crippen molar-refractivity contribution in [3.63, 3.8) is 0 Å². The number of unbranched alkanes of at least 4 members (excludes halogenated alkanes) is 35. The van der Waals surface area contributed by atoms with Crippen molar-refractivity contribution in [1.82, 2.24) is 0 Å². The number of carbonyl (C=O) groups is 3. The lowest BCUT2D eigenvalue weighted by molar-refractivity contribution is -0.167. The van der Waals surface area contributed by atoms with Crippen molar-refractivity contribution >= 4 is 17.9 Å². The van der Waals surface area contributed by atoms with E-state index in [9.17, 15) is 14.4 Å². The lowest BCUT2D eigenvalue weighted by atomic mass is 10.0. The van der Waals surface area contributed by atoms with Crippen LogP contribution in [0.25, 0.3) is 0 Å². The fourth-order valence-electron chi connectivity index (χ4n) is 9.13. The molecular weight excluding hydrogens is 913 g/mol. The second-order valence-electron chi connectivity index (χ2n) is 21.3. The van der Waals surface area contributed by atoms with Gasteiger partial charge in [0.2, 0.25) is 0 Å². The topological polar surface area (TPSA) is 78.9 Å². The summed E-state index contributed by atoms with van der Waals surface area (Å²) in [5.74, 6) is -0.893. The molecule has 0 aliphatic heterocycles.